The van der Waals surface area contributed by atoms with Crippen molar-refractivity contribution >= 4 is 0 Å². The zero-order chi connectivity index (χ0) is 33.9. The number of imidazole rings is 3. The maximum atomic E-state index is 6.53. The number of nitrogens with two attached hydrogens (primary N) is 2. The van der Waals surface area contributed by atoms with Crippen LogP contribution >= 0.6 is 0 Å². The summed E-state index contributed by atoms with van der Waals surface area (Å²) in [6.45, 7) is 7.37. The molecule has 9 rings (SSSR count). The highest BCUT2D eigenvalue weighted by atomic mass is 16.5. The van der Waals surface area contributed by atoms with Crippen molar-refractivity contribution in [3.05, 3.63) is 117 Å². The standard InChI is InChI=1S/C39H42N10O/c1-22-3-8-28-26(15-22)18-48(40)20-32-37(28)46-35(44-32)11-12-36-45-33-21-49(41)19-27-16-24(6-9-29(27)38(33)47-36)4-5-25-7-10-30-34(17-25)50-14-13-31-39(30)43-23(2)42-31/h3,6-10,15-17H,4-5,11-14,18-21,40-41H2,1-2H3,(H,42,43)(H,44,46)(H,45,47). The largest absolute Gasteiger partial charge is 0.492 e. The Morgan fingerprint density at radius 3 is 1.88 bits per heavy atom. The lowest BCUT2D eigenvalue weighted by molar-refractivity contribution is 0.266. The second-order valence-electron chi connectivity index (χ2n) is 14.1. The minimum atomic E-state index is 0.607. The number of aryl methyl sites for hydroxylation is 6. The van der Waals surface area contributed by atoms with Crippen LogP contribution < -0.4 is 16.4 Å². The molecule has 3 aromatic heterocycles. The molecule has 0 atom stereocenters. The fourth-order valence-electron chi connectivity index (χ4n) is 7.81. The number of hydrazine groups is 2. The van der Waals surface area contributed by atoms with Crippen LogP contribution in [0.2, 0.25) is 0 Å². The number of hydrogen-bond acceptors (Lipinski definition) is 8. The number of aromatic amines is 3. The van der Waals surface area contributed by atoms with Gasteiger partial charge in [-0.2, -0.15) is 0 Å². The molecule has 11 heteroatoms. The van der Waals surface area contributed by atoms with Gasteiger partial charge in [-0.15, -0.1) is 0 Å². The molecule has 254 valence electrons. The lowest BCUT2D eigenvalue weighted by Crippen LogP contribution is -2.29. The molecule has 0 amide bonds. The van der Waals surface area contributed by atoms with E-state index < -0.39 is 0 Å². The normalized spacial score (nSPS) is 15.4. The Hall–Kier alpha value is -5.07. The molecule has 6 heterocycles. The Kier molecular flexibility index (Phi) is 7.65. The Morgan fingerprint density at radius 2 is 1.20 bits per heavy atom. The molecule has 0 fully saturated rings. The van der Waals surface area contributed by atoms with Gasteiger partial charge in [-0.25, -0.2) is 25.0 Å². The zero-order valence-corrected chi connectivity index (χ0v) is 28.6. The molecular weight excluding hydrogens is 624 g/mol. The highest BCUT2D eigenvalue weighted by molar-refractivity contribution is 5.71. The smallest absolute Gasteiger partial charge is 0.129 e. The van der Waals surface area contributed by atoms with Crippen LogP contribution in [0.15, 0.2) is 54.6 Å². The van der Waals surface area contributed by atoms with E-state index in [0.29, 0.717) is 32.8 Å². The Bertz CT molecular complexity index is 2240. The van der Waals surface area contributed by atoms with Crippen molar-refractivity contribution in [3.8, 4) is 39.5 Å². The summed E-state index contributed by atoms with van der Waals surface area (Å²) in [5.74, 6) is 16.6. The minimum absolute atomic E-state index is 0.607. The van der Waals surface area contributed by atoms with Gasteiger partial charge in [-0.1, -0.05) is 48.0 Å². The highest BCUT2D eigenvalue weighted by Crippen LogP contribution is 2.36. The van der Waals surface area contributed by atoms with Gasteiger partial charge in [-0.05, 0) is 61.1 Å². The fourth-order valence-corrected chi connectivity index (χ4v) is 7.81. The monoisotopic (exact) mass is 666 g/mol. The summed E-state index contributed by atoms with van der Waals surface area (Å²) in [5, 5.41) is 3.71. The summed E-state index contributed by atoms with van der Waals surface area (Å²) in [5.41, 5.74) is 15.8. The van der Waals surface area contributed by atoms with Crippen LogP contribution in [0, 0.1) is 13.8 Å². The Labute approximate surface area is 291 Å². The van der Waals surface area contributed by atoms with E-state index in [4.69, 9.17) is 31.4 Å². The molecule has 0 spiro atoms. The summed E-state index contributed by atoms with van der Waals surface area (Å²) in [7, 11) is 0. The molecule has 0 saturated carbocycles. The molecule has 0 bridgehead atoms. The molecule has 50 heavy (non-hydrogen) atoms. The molecule has 6 aromatic rings. The highest BCUT2D eigenvalue weighted by Gasteiger charge is 2.25. The van der Waals surface area contributed by atoms with Crippen molar-refractivity contribution in [1.82, 2.24) is 39.9 Å². The van der Waals surface area contributed by atoms with Gasteiger partial charge < -0.3 is 19.7 Å². The molecule has 0 aliphatic carbocycles. The molecule has 3 aromatic carbocycles. The number of nitrogens with one attached hydrogen (secondary N) is 3. The topological polar surface area (TPSA) is 154 Å². The van der Waals surface area contributed by atoms with E-state index in [1.807, 2.05) is 16.9 Å². The molecule has 0 saturated heterocycles. The number of rotatable bonds is 6. The van der Waals surface area contributed by atoms with Crippen LogP contribution in [-0.2, 0) is 58.3 Å². The van der Waals surface area contributed by atoms with Gasteiger partial charge in [-0.3, -0.25) is 11.7 Å². The molecule has 3 aliphatic rings. The van der Waals surface area contributed by atoms with E-state index in [0.717, 1.165) is 106 Å². The van der Waals surface area contributed by atoms with Crippen LogP contribution in [0.3, 0.4) is 0 Å². The maximum absolute atomic E-state index is 6.53. The number of fused-ring (bicyclic) bond motifs is 9. The molecule has 0 unspecified atom stereocenters. The molecular formula is C39H42N10O. The van der Waals surface area contributed by atoms with Gasteiger partial charge in [0.05, 0.1) is 48.2 Å². The second kappa shape index (κ2) is 12.4. The number of aromatic nitrogens is 6. The molecule has 0 radical (unpaired) electrons. The van der Waals surface area contributed by atoms with Gasteiger partial charge in [0.15, 0.2) is 0 Å². The van der Waals surface area contributed by atoms with E-state index in [2.05, 4.69) is 76.5 Å². The lowest BCUT2D eigenvalue weighted by Gasteiger charge is -2.15. The third kappa shape index (κ3) is 5.81. The van der Waals surface area contributed by atoms with Gasteiger partial charge in [0.1, 0.15) is 23.2 Å². The first-order valence-corrected chi connectivity index (χ1v) is 17.5. The zero-order valence-electron chi connectivity index (χ0n) is 28.6. The van der Waals surface area contributed by atoms with Crippen molar-refractivity contribution in [2.75, 3.05) is 6.61 Å². The first kappa shape index (κ1) is 30.9. The summed E-state index contributed by atoms with van der Waals surface area (Å²) < 4.78 is 6.14. The van der Waals surface area contributed by atoms with E-state index in [-0.39, 0.29) is 0 Å². The van der Waals surface area contributed by atoms with Gasteiger partial charge >= 0.3 is 0 Å². The number of H-pyrrole nitrogens is 3. The van der Waals surface area contributed by atoms with E-state index in [1.54, 1.807) is 0 Å². The van der Waals surface area contributed by atoms with E-state index in [9.17, 15) is 0 Å². The predicted octanol–water partition coefficient (Wildman–Crippen LogP) is 5.36. The lowest BCUT2D eigenvalue weighted by atomic mass is 9.97. The first-order valence-electron chi connectivity index (χ1n) is 17.5. The predicted molar refractivity (Wildman–Crippen MR) is 192 cm³/mol. The van der Waals surface area contributed by atoms with Crippen molar-refractivity contribution in [2.45, 2.75) is 72.1 Å². The average Bonchev–Trinajstić information content (AvgIpc) is 3.71. The Balaban J connectivity index is 0.913. The summed E-state index contributed by atoms with van der Waals surface area (Å²) in [4.78, 5) is 25.4. The summed E-state index contributed by atoms with van der Waals surface area (Å²) in [6, 6.07) is 19.8. The second-order valence-corrected chi connectivity index (χ2v) is 14.1. The number of hydrogen-bond donors (Lipinski definition) is 5. The van der Waals surface area contributed by atoms with Gasteiger partial charge in [0.2, 0.25) is 0 Å². The molecule has 7 N–H and O–H groups in total. The van der Waals surface area contributed by atoms with Crippen LogP contribution in [0.5, 0.6) is 5.75 Å². The molecule has 11 nitrogen and oxygen atoms in total. The van der Waals surface area contributed by atoms with Crippen molar-refractivity contribution in [3.63, 3.8) is 0 Å². The van der Waals surface area contributed by atoms with Crippen LogP contribution in [0.25, 0.3) is 33.8 Å². The fraction of sp³-hybridized carbons (Fsp3) is 0.308. The van der Waals surface area contributed by atoms with Gasteiger partial charge in [0, 0.05) is 54.7 Å². The third-order valence-electron chi connectivity index (χ3n) is 10.2. The number of benzene rings is 3. The van der Waals surface area contributed by atoms with Crippen LogP contribution in [0.1, 0.15) is 62.4 Å². The van der Waals surface area contributed by atoms with Crippen LogP contribution in [0.4, 0.5) is 0 Å². The maximum Gasteiger partial charge on any atom is 0.129 e. The van der Waals surface area contributed by atoms with Crippen molar-refractivity contribution in [1.29, 1.82) is 0 Å². The van der Waals surface area contributed by atoms with Gasteiger partial charge in [0.25, 0.3) is 0 Å². The Morgan fingerprint density at radius 1 is 0.620 bits per heavy atom. The minimum Gasteiger partial charge on any atom is -0.492 e. The quantitative estimate of drug-likeness (QED) is 0.149. The SMILES string of the molecule is Cc1ccc2c(c1)CN(N)Cc1[nH]c(CCc3nc4c([nH]3)CN(N)Cc3cc(CCc5ccc6c(c5)OCCc5[nH]c(C)nc5-6)ccc3-4)nc1-2. The average molecular weight is 667 g/mol. The van der Waals surface area contributed by atoms with E-state index in [1.165, 1.54) is 27.8 Å². The number of nitrogens with zero attached hydrogens (tertiary/aromatic N) is 5. The molecule has 3 aliphatic heterocycles. The first-order chi connectivity index (χ1) is 24.3. The summed E-state index contributed by atoms with van der Waals surface area (Å²) in [6.07, 6.45) is 4.13. The summed E-state index contributed by atoms with van der Waals surface area (Å²) >= 11 is 0. The van der Waals surface area contributed by atoms with E-state index >= 15 is 0 Å². The van der Waals surface area contributed by atoms with Crippen molar-refractivity contribution < 1.29 is 4.74 Å². The third-order valence-corrected chi connectivity index (χ3v) is 10.2. The number of ether oxygens (including phenoxy) is 1. The van der Waals surface area contributed by atoms with Crippen LogP contribution in [-0.4, -0.2) is 46.5 Å². The van der Waals surface area contributed by atoms with Crippen molar-refractivity contribution in [2.24, 2.45) is 11.7 Å².